The molecule has 51 heavy (non-hydrogen) atoms. The summed E-state index contributed by atoms with van der Waals surface area (Å²) in [5, 5.41) is 10.5. The van der Waals surface area contributed by atoms with Gasteiger partial charge in [-0.2, -0.15) is 0 Å². The van der Waals surface area contributed by atoms with Crippen molar-refractivity contribution >= 4 is 55.2 Å². The third kappa shape index (κ3) is 5.25. The number of nitrogens with zero attached hydrogens (tertiary/aromatic N) is 2. The third-order valence-electron chi connectivity index (χ3n) is 9.90. The molecule has 9 aromatic rings. The standard InChI is InChI=1S/C47H31N3O/c1-2-10-30(11-3-1)39-28-41(44-40-16-8-9-17-42(40)51-43(44)29-39)47-49-45(48-46(50-47)38-25-21-32-13-5-7-15-36(32)27-38)34-22-18-33(19-23-34)37-24-20-31-12-4-6-14-35(31)26-37/h1-29,47H,(H,48,49,50). The largest absolute Gasteiger partial charge is 0.456 e. The van der Waals surface area contributed by atoms with Crippen molar-refractivity contribution in [1.82, 2.24) is 5.32 Å². The van der Waals surface area contributed by atoms with Crippen molar-refractivity contribution in [1.29, 1.82) is 0 Å². The lowest BCUT2D eigenvalue weighted by atomic mass is 9.96. The maximum atomic E-state index is 6.49. The number of para-hydroxylation sites is 1. The Labute approximate surface area is 295 Å². The van der Waals surface area contributed by atoms with E-state index in [-0.39, 0.29) is 0 Å². The van der Waals surface area contributed by atoms with Crippen LogP contribution in [0.5, 0.6) is 0 Å². The van der Waals surface area contributed by atoms with Crippen LogP contribution in [0.4, 0.5) is 0 Å². The Hall–Kier alpha value is -6.78. The van der Waals surface area contributed by atoms with Gasteiger partial charge in [-0.25, -0.2) is 9.98 Å². The SMILES string of the molecule is c1ccc(-c2cc(C3N=C(c4ccc(-c5ccc6ccccc6c5)cc4)NC(c4ccc5ccccc5c4)=N3)c3c(c2)oc2ccccc23)cc1. The van der Waals surface area contributed by atoms with Crippen LogP contribution in [-0.2, 0) is 0 Å². The second-order valence-corrected chi connectivity index (χ2v) is 13.1. The zero-order chi connectivity index (χ0) is 33.7. The Morgan fingerprint density at radius 3 is 1.69 bits per heavy atom. The lowest BCUT2D eigenvalue weighted by Gasteiger charge is -2.23. The van der Waals surface area contributed by atoms with E-state index >= 15 is 0 Å². The van der Waals surface area contributed by atoms with E-state index in [1.54, 1.807) is 0 Å². The third-order valence-corrected chi connectivity index (χ3v) is 9.90. The molecule has 0 saturated heterocycles. The van der Waals surface area contributed by atoms with E-state index in [2.05, 4.69) is 163 Å². The Bertz CT molecular complexity index is 2830. The zero-order valence-corrected chi connectivity index (χ0v) is 27.6. The van der Waals surface area contributed by atoms with Crippen molar-refractivity contribution in [3.63, 3.8) is 0 Å². The number of rotatable bonds is 5. The van der Waals surface area contributed by atoms with E-state index in [0.29, 0.717) is 0 Å². The van der Waals surface area contributed by atoms with Gasteiger partial charge in [0.2, 0.25) is 0 Å². The van der Waals surface area contributed by atoms with Crippen LogP contribution in [0.1, 0.15) is 22.9 Å². The molecule has 0 spiro atoms. The Morgan fingerprint density at radius 1 is 0.392 bits per heavy atom. The molecule has 240 valence electrons. The molecule has 0 aliphatic carbocycles. The van der Waals surface area contributed by atoms with Crippen molar-refractivity contribution in [2.75, 3.05) is 0 Å². The highest BCUT2D eigenvalue weighted by Gasteiger charge is 2.25. The molecule has 0 amide bonds. The van der Waals surface area contributed by atoms with Gasteiger partial charge in [-0.1, -0.05) is 146 Å². The van der Waals surface area contributed by atoms with Gasteiger partial charge in [0.15, 0.2) is 6.17 Å². The van der Waals surface area contributed by atoms with E-state index < -0.39 is 6.17 Å². The van der Waals surface area contributed by atoms with Gasteiger partial charge in [0, 0.05) is 27.5 Å². The van der Waals surface area contributed by atoms with Gasteiger partial charge >= 0.3 is 0 Å². The van der Waals surface area contributed by atoms with Crippen LogP contribution in [0.2, 0.25) is 0 Å². The fraction of sp³-hybridized carbons (Fsp3) is 0.0213. The topological polar surface area (TPSA) is 49.9 Å². The molecule has 2 heterocycles. The molecule has 4 heteroatoms. The first-order valence-corrected chi connectivity index (χ1v) is 17.3. The predicted octanol–water partition coefficient (Wildman–Crippen LogP) is 11.7. The summed E-state index contributed by atoms with van der Waals surface area (Å²) >= 11 is 0. The number of nitrogens with one attached hydrogen (secondary N) is 1. The number of amidine groups is 2. The first kappa shape index (κ1) is 29.2. The molecule has 0 fully saturated rings. The minimum absolute atomic E-state index is 0.518. The molecule has 4 nitrogen and oxygen atoms in total. The van der Waals surface area contributed by atoms with Crippen LogP contribution in [0.3, 0.4) is 0 Å². The number of benzene rings is 8. The van der Waals surface area contributed by atoms with E-state index in [1.165, 1.54) is 21.7 Å². The molecule has 10 rings (SSSR count). The highest BCUT2D eigenvalue weighted by Crippen LogP contribution is 2.40. The molecule has 0 bridgehead atoms. The number of hydrogen-bond donors (Lipinski definition) is 1. The highest BCUT2D eigenvalue weighted by molar-refractivity contribution is 6.17. The maximum absolute atomic E-state index is 6.49. The van der Waals surface area contributed by atoms with Crippen molar-refractivity contribution in [3.8, 4) is 22.3 Å². The molecule has 0 radical (unpaired) electrons. The molecule has 1 atom stereocenters. The van der Waals surface area contributed by atoms with Gasteiger partial charge in [0.05, 0.1) is 0 Å². The monoisotopic (exact) mass is 653 g/mol. The summed E-state index contributed by atoms with van der Waals surface area (Å²) in [7, 11) is 0. The fourth-order valence-corrected chi connectivity index (χ4v) is 7.30. The summed E-state index contributed by atoms with van der Waals surface area (Å²) in [6, 6.07) is 61.7. The Kier molecular flexibility index (Phi) is 6.85. The van der Waals surface area contributed by atoms with Crippen LogP contribution in [0, 0.1) is 0 Å². The summed E-state index contributed by atoms with van der Waals surface area (Å²) in [4.78, 5) is 10.7. The van der Waals surface area contributed by atoms with E-state index in [4.69, 9.17) is 14.4 Å². The van der Waals surface area contributed by atoms with Crippen LogP contribution in [-0.4, -0.2) is 11.7 Å². The molecular formula is C47H31N3O. The van der Waals surface area contributed by atoms with Gasteiger partial charge in [0.25, 0.3) is 0 Å². The molecule has 1 aromatic heterocycles. The molecule has 1 N–H and O–H groups in total. The molecule has 1 aliphatic rings. The Morgan fingerprint density at radius 2 is 0.941 bits per heavy atom. The molecule has 1 aliphatic heterocycles. The summed E-state index contributed by atoms with van der Waals surface area (Å²) < 4.78 is 6.49. The normalized spacial score (nSPS) is 14.5. The zero-order valence-electron chi connectivity index (χ0n) is 27.6. The minimum Gasteiger partial charge on any atom is -0.456 e. The lowest BCUT2D eigenvalue weighted by Crippen LogP contribution is -2.36. The second kappa shape index (κ2) is 12.0. The van der Waals surface area contributed by atoms with Gasteiger partial charge in [-0.15, -0.1) is 0 Å². The number of aliphatic imine (C=N–C) groups is 2. The summed E-state index contributed by atoms with van der Waals surface area (Å²) in [5.74, 6) is 1.55. The van der Waals surface area contributed by atoms with Gasteiger partial charge in [-0.3, -0.25) is 0 Å². The number of fused-ring (bicyclic) bond motifs is 5. The van der Waals surface area contributed by atoms with Crippen LogP contribution < -0.4 is 5.32 Å². The molecular weight excluding hydrogens is 623 g/mol. The Balaban J connectivity index is 1.14. The fourth-order valence-electron chi connectivity index (χ4n) is 7.30. The number of hydrogen-bond acceptors (Lipinski definition) is 4. The van der Waals surface area contributed by atoms with Crippen molar-refractivity contribution in [2.45, 2.75) is 6.17 Å². The van der Waals surface area contributed by atoms with Gasteiger partial charge < -0.3 is 9.73 Å². The predicted molar refractivity (Wildman–Crippen MR) is 211 cm³/mol. The van der Waals surface area contributed by atoms with Crippen molar-refractivity contribution in [2.24, 2.45) is 9.98 Å². The number of furan rings is 1. The average Bonchev–Trinajstić information content (AvgIpc) is 3.59. The maximum Gasteiger partial charge on any atom is 0.170 e. The van der Waals surface area contributed by atoms with E-state index in [0.717, 1.165) is 72.4 Å². The first-order chi connectivity index (χ1) is 25.2. The lowest BCUT2D eigenvalue weighted by molar-refractivity contribution is 0.668. The van der Waals surface area contributed by atoms with Crippen LogP contribution in [0.25, 0.3) is 65.7 Å². The van der Waals surface area contributed by atoms with E-state index in [9.17, 15) is 0 Å². The van der Waals surface area contributed by atoms with E-state index in [1.807, 2.05) is 18.2 Å². The molecule has 1 unspecified atom stereocenters. The van der Waals surface area contributed by atoms with Gasteiger partial charge in [-0.05, 0) is 74.1 Å². The van der Waals surface area contributed by atoms with Crippen molar-refractivity contribution in [3.05, 3.63) is 193 Å². The summed E-state index contributed by atoms with van der Waals surface area (Å²) in [5.41, 5.74) is 9.19. The summed E-state index contributed by atoms with van der Waals surface area (Å²) in [6.45, 7) is 0. The summed E-state index contributed by atoms with van der Waals surface area (Å²) in [6.07, 6.45) is -0.518. The molecule has 0 saturated carbocycles. The average molecular weight is 654 g/mol. The highest BCUT2D eigenvalue weighted by atomic mass is 16.3. The smallest absolute Gasteiger partial charge is 0.170 e. The van der Waals surface area contributed by atoms with Gasteiger partial charge in [0.1, 0.15) is 22.8 Å². The van der Waals surface area contributed by atoms with Crippen LogP contribution in [0.15, 0.2) is 190 Å². The minimum atomic E-state index is -0.518. The second-order valence-electron chi connectivity index (χ2n) is 13.1. The van der Waals surface area contributed by atoms with Crippen molar-refractivity contribution < 1.29 is 4.42 Å². The quantitative estimate of drug-likeness (QED) is 0.201. The van der Waals surface area contributed by atoms with Crippen LogP contribution >= 0.6 is 0 Å². The first-order valence-electron chi connectivity index (χ1n) is 17.3. The molecule has 8 aromatic carbocycles.